The molecule has 0 aliphatic carbocycles. The Morgan fingerprint density at radius 3 is 0.833 bits per heavy atom. The van der Waals surface area contributed by atoms with Gasteiger partial charge in [-0.3, -0.25) is 19.2 Å². The summed E-state index contributed by atoms with van der Waals surface area (Å²) in [7, 11) is 0. The molecule has 10 heteroatoms. The minimum Gasteiger partial charge on any atom is -0.333 e. The van der Waals surface area contributed by atoms with Crippen LogP contribution in [0, 0.1) is 0 Å². The van der Waals surface area contributed by atoms with Gasteiger partial charge in [0.15, 0.2) is 0 Å². The topological polar surface area (TPSA) is 112 Å². The van der Waals surface area contributed by atoms with Crippen molar-refractivity contribution in [2.75, 3.05) is 13.1 Å². The molecule has 0 spiro atoms. The lowest BCUT2D eigenvalue weighted by Crippen LogP contribution is -2.39. The van der Waals surface area contributed by atoms with E-state index in [0.29, 0.717) is 25.7 Å². The predicted molar refractivity (Wildman–Crippen MR) is 134 cm³/mol. The molecular weight excluding hydrogens is 468 g/mol. The first-order valence-corrected chi connectivity index (χ1v) is 13.7. The van der Waals surface area contributed by atoms with E-state index < -0.39 is 23.9 Å². The second-order valence-electron chi connectivity index (χ2n) is 8.79. The molecule has 0 radical (unpaired) electrons. The van der Waals surface area contributed by atoms with E-state index in [4.69, 9.17) is 19.4 Å². The summed E-state index contributed by atoms with van der Waals surface area (Å²) >= 11 is 0. The van der Waals surface area contributed by atoms with Gasteiger partial charge < -0.3 is 19.4 Å². The van der Waals surface area contributed by atoms with Gasteiger partial charge in [0.2, 0.25) is 0 Å². The molecular formula is C26H48N2O8. The van der Waals surface area contributed by atoms with E-state index >= 15 is 0 Å². The monoisotopic (exact) mass is 516 g/mol. The zero-order valence-corrected chi connectivity index (χ0v) is 22.9. The number of carbonyl (C=O) groups is 4. The zero-order chi connectivity index (χ0) is 27.0. The molecule has 210 valence electrons. The fraction of sp³-hybridized carbons (Fsp3) is 0.846. The highest BCUT2D eigenvalue weighted by Crippen LogP contribution is 2.09. The normalized spacial score (nSPS) is 10.9. The number of hydroxylamine groups is 4. The van der Waals surface area contributed by atoms with E-state index in [0.717, 1.165) is 61.8 Å². The molecule has 0 atom stereocenters. The van der Waals surface area contributed by atoms with E-state index in [2.05, 4.69) is 0 Å². The van der Waals surface area contributed by atoms with Gasteiger partial charge in [-0.05, 0) is 25.7 Å². The van der Waals surface area contributed by atoms with Crippen LogP contribution in [0.15, 0.2) is 0 Å². The van der Waals surface area contributed by atoms with Crippen LogP contribution in [0.5, 0.6) is 0 Å². The lowest BCUT2D eigenvalue weighted by Gasteiger charge is -2.23. The second kappa shape index (κ2) is 23.2. The first-order valence-electron chi connectivity index (χ1n) is 13.7. The van der Waals surface area contributed by atoms with Crippen molar-refractivity contribution in [1.82, 2.24) is 10.5 Å². The Hall–Kier alpha value is -2.20. The van der Waals surface area contributed by atoms with Gasteiger partial charge >= 0.3 is 23.9 Å². The minimum atomic E-state index is -0.538. The van der Waals surface area contributed by atoms with Crippen LogP contribution < -0.4 is 0 Å². The summed E-state index contributed by atoms with van der Waals surface area (Å²) in [4.78, 5) is 69.8. The standard InChI is InChI=1S/C26H48N2O8/c1-5-9-13-17-23(29)33-27(34-24(30)18-14-10-6-2)21-22-28(35-25(31)19-15-11-7-3)36-26(32)20-16-12-8-4/h5-22H2,1-4H3. The number of carbonyl (C=O) groups excluding carboxylic acids is 4. The molecule has 36 heavy (non-hydrogen) atoms. The van der Waals surface area contributed by atoms with Crippen molar-refractivity contribution in [3.05, 3.63) is 0 Å². The van der Waals surface area contributed by atoms with Gasteiger partial charge in [0.25, 0.3) is 0 Å². The van der Waals surface area contributed by atoms with E-state index in [1.54, 1.807) is 0 Å². The molecule has 0 bridgehead atoms. The van der Waals surface area contributed by atoms with E-state index in [1.807, 2.05) is 27.7 Å². The smallest absolute Gasteiger partial charge is 0.329 e. The first kappa shape index (κ1) is 33.8. The summed E-state index contributed by atoms with van der Waals surface area (Å²) in [5.41, 5.74) is 0. The molecule has 0 aliphatic rings. The quantitative estimate of drug-likeness (QED) is 0.123. The van der Waals surface area contributed by atoms with Crippen molar-refractivity contribution >= 4 is 23.9 Å². The van der Waals surface area contributed by atoms with Gasteiger partial charge in [0.05, 0.1) is 13.1 Å². The number of hydrogen-bond donors (Lipinski definition) is 0. The Kier molecular flexibility index (Phi) is 21.8. The molecule has 0 saturated heterocycles. The van der Waals surface area contributed by atoms with Gasteiger partial charge in [-0.15, -0.1) is 0 Å². The lowest BCUT2D eigenvalue weighted by atomic mass is 10.2. The van der Waals surface area contributed by atoms with Crippen LogP contribution in [0.3, 0.4) is 0 Å². The fourth-order valence-electron chi connectivity index (χ4n) is 3.10. The summed E-state index contributed by atoms with van der Waals surface area (Å²) in [5, 5.41) is 1.57. The molecule has 0 unspecified atom stereocenters. The predicted octanol–water partition coefficient (Wildman–Crippen LogP) is 5.74. The molecule has 0 rings (SSSR count). The highest BCUT2D eigenvalue weighted by molar-refractivity contribution is 5.71. The number of rotatable bonds is 23. The Morgan fingerprint density at radius 1 is 0.417 bits per heavy atom. The van der Waals surface area contributed by atoms with Crippen LogP contribution in [0.2, 0.25) is 0 Å². The van der Waals surface area contributed by atoms with Crippen molar-refractivity contribution in [3.8, 4) is 0 Å². The van der Waals surface area contributed by atoms with Gasteiger partial charge in [0, 0.05) is 36.1 Å². The van der Waals surface area contributed by atoms with Crippen molar-refractivity contribution in [1.29, 1.82) is 0 Å². The van der Waals surface area contributed by atoms with Crippen molar-refractivity contribution in [3.63, 3.8) is 0 Å². The van der Waals surface area contributed by atoms with Crippen LogP contribution in [0.1, 0.15) is 130 Å². The fourth-order valence-corrected chi connectivity index (χ4v) is 3.10. The number of hydrogen-bond acceptors (Lipinski definition) is 10. The van der Waals surface area contributed by atoms with Crippen molar-refractivity contribution in [2.45, 2.75) is 130 Å². The SMILES string of the molecule is CCCCCC(=O)ON(CCN(OC(=O)CCCCC)OC(=O)CCCCC)OC(=O)CCCCC. The third-order valence-corrected chi connectivity index (χ3v) is 5.22. The van der Waals surface area contributed by atoms with Gasteiger partial charge in [-0.25, -0.2) is 0 Å². The third kappa shape index (κ3) is 20.0. The van der Waals surface area contributed by atoms with Gasteiger partial charge in [0.1, 0.15) is 0 Å². The Bertz CT molecular complexity index is 515. The molecule has 0 aliphatic heterocycles. The van der Waals surface area contributed by atoms with Crippen LogP contribution in [-0.2, 0) is 38.5 Å². The lowest BCUT2D eigenvalue weighted by molar-refractivity contribution is -0.356. The average Bonchev–Trinajstić information content (AvgIpc) is 2.83. The van der Waals surface area contributed by atoms with E-state index in [9.17, 15) is 19.2 Å². The first-order chi connectivity index (χ1) is 17.4. The molecule has 0 aromatic carbocycles. The summed E-state index contributed by atoms with van der Waals surface area (Å²) < 4.78 is 0. The summed E-state index contributed by atoms with van der Waals surface area (Å²) in [5.74, 6) is -2.15. The van der Waals surface area contributed by atoms with Crippen LogP contribution in [0.4, 0.5) is 0 Å². The van der Waals surface area contributed by atoms with Gasteiger partial charge in [-0.1, -0.05) is 79.1 Å². The van der Waals surface area contributed by atoms with Crippen LogP contribution in [-0.4, -0.2) is 47.4 Å². The maximum absolute atomic E-state index is 12.2. The van der Waals surface area contributed by atoms with E-state index in [-0.39, 0.29) is 38.8 Å². The third-order valence-electron chi connectivity index (χ3n) is 5.22. The van der Waals surface area contributed by atoms with Crippen molar-refractivity contribution < 1.29 is 38.5 Å². The summed E-state index contributed by atoms with van der Waals surface area (Å²) in [6.07, 6.45) is 10.7. The largest absolute Gasteiger partial charge is 0.333 e. The molecule has 10 nitrogen and oxygen atoms in total. The molecule has 0 fully saturated rings. The summed E-state index contributed by atoms with van der Waals surface area (Å²) in [6, 6.07) is 0. The summed E-state index contributed by atoms with van der Waals surface area (Å²) in [6.45, 7) is 7.75. The Balaban J connectivity index is 5.13. The average molecular weight is 517 g/mol. The molecule has 0 amide bonds. The van der Waals surface area contributed by atoms with Crippen LogP contribution >= 0.6 is 0 Å². The molecule has 0 saturated carbocycles. The molecule has 0 aromatic rings. The van der Waals surface area contributed by atoms with E-state index in [1.165, 1.54) is 0 Å². The highest BCUT2D eigenvalue weighted by atomic mass is 17.0. The minimum absolute atomic E-state index is 0.177. The molecule has 0 aromatic heterocycles. The molecule has 0 heterocycles. The maximum Gasteiger partial charge on any atom is 0.329 e. The second-order valence-corrected chi connectivity index (χ2v) is 8.79. The number of nitrogens with zero attached hydrogens (tertiary/aromatic N) is 2. The maximum atomic E-state index is 12.2. The molecule has 0 N–H and O–H groups in total. The Morgan fingerprint density at radius 2 is 0.639 bits per heavy atom. The van der Waals surface area contributed by atoms with Crippen molar-refractivity contribution in [2.24, 2.45) is 0 Å². The van der Waals surface area contributed by atoms with Crippen LogP contribution in [0.25, 0.3) is 0 Å². The van der Waals surface area contributed by atoms with Gasteiger partial charge in [-0.2, -0.15) is 0 Å². The zero-order valence-electron chi connectivity index (χ0n) is 22.9. The number of unbranched alkanes of at least 4 members (excludes halogenated alkanes) is 8. The highest BCUT2D eigenvalue weighted by Gasteiger charge is 2.23. The Labute approximate surface area is 216 Å².